The molecule has 5 aliphatic rings. The van der Waals surface area contributed by atoms with Crippen LogP contribution in [0.15, 0.2) is 41.3 Å². The van der Waals surface area contributed by atoms with Crippen molar-refractivity contribution < 1.29 is 27.5 Å². The number of piperidine rings is 1. The molecule has 308 valence electrons. The van der Waals surface area contributed by atoms with Gasteiger partial charge in [-0.1, -0.05) is 11.6 Å². The van der Waals surface area contributed by atoms with Gasteiger partial charge in [0.05, 0.1) is 46.3 Å². The summed E-state index contributed by atoms with van der Waals surface area (Å²) in [5.74, 6) is -4.32. The summed E-state index contributed by atoms with van der Waals surface area (Å²) < 4.78 is 54.4. The Labute approximate surface area is 340 Å². The van der Waals surface area contributed by atoms with Crippen molar-refractivity contribution in [3.05, 3.63) is 63.4 Å². The van der Waals surface area contributed by atoms with Crippen LogP contribution in [0, 0.1) is 17.2 Å². The van der Waals surface area contributed by atoms with Gasteiger partial charge in [0.25, 0.3) is 5.56 Å². The Kier molecular flexibility index (Phi) is 8.78. The van der Waals surface area contributed by atoms with Crippen LogP contribution >= 0.6 is 11.6 Å². The van der Waals surface area contributed by atoms with Crippen molar-refractivity contribution in [3.8, 4) is 5.75 Å². The van der Waals surface area contributed by atoms with Gasteiger partial charge in [0.15, 0.2) is 12.4 Å². The second kappa shape index (κ2) is 13.7. The maximum Gasteiger partial charge on any atom is 0.301 e. The van der Waals surface area contributed by atoms with Gasteiger partial charge in [0.2, 0.25) is 23.5 Å². The number of hydrogen-bond acceptors (Lipinski definition) is 11. The molecule has 4 fully saturated rings. The summed E-state index contributed by atoms with van der Waals surface area (Å²) in [4.78, 5) is 48.9. The molecule has 3 aromatic heterocycles. The fraction of sp³-hybridized carbons (Fsp3) is 0.463. The van der Waals surface area contributed by atoms with E-state index in [1.54, 1.807) is 49.2 Å². The predicted molar refractivity (Wildman–Crippen MR) is 216 cm³/mol. The van der Waals surface area contributed by atoms with E-state index in [1.807, 2.05) is 0 Å². The molecule has 3 aliphatic heterocycles. The average molecular weight is 831 g/mol. The van der Waals surface area contributed by atoms with E-state index in [4.69, 9.17) is 21.3 Å². The van der Waals surface area contributed by atoms with Crippen LogP contribution in [-0.2, 0) is 23.7 Å². The fourth-order valence-electron chi connectivity index (χ4n) is 9.46. The number of halogens is 4. The van der Waals surface area contributed by atoms with E-state index in [0.717, 1.165) is 38.8 Å². The van der Waals surface area contributed by atoms with Gasteiger partial charge in [-0.3, -0.25) is 24.4 Å². The van der Waals surface area contributed by atoms with Gasteiger partial charge in [-0.25, -0.2) is 18.2 Å². The first kappa shape index (κ1) is 37.7. The van der Waals surface area contributed by atoms with Crippen molar-refractivity contribution in [2.75, 3.05) is 40.5 Å². The van der Waals surface area contributed by atoms with Gasteiger partial charge in [0.1, 0.15) is 10.8 Å². The second-order valence-corrected chi connectivity index (χ2v) is 17.3. The van der Waals surface area contributed by atoms with E-state index in [9.17, 15) is 14.4 Å². The van der Waals surface area contributed by atoms with Crippen molar-refractivity contribution >= 4 is 74.0 Å². The van der Waals surface area contributed by atoms with Crippen LogP contribution in [0.2, 0.25) is 5.02 Å². The third-order valence-electron chi connectivity index (χ3n) is 12.9. The van der Waals surface area contributed by atoms with Gasteiger partial charge in [-0.2, -0.15) is 10.1 Å². The van der Waals surface area contributed by atoms with Crippen LogP contribution in [0.3, 0.4) is 0 Å². The molecule has 10 rings (SSSR count). The number of anilines is 5. The van der Waals surface area contributed by atoms with E-state index in [1.165, 1.54) is 10.6 Å². The average Bonchev–Trinajstić information content (AvgIpc) is 4.00. The smallest absolute Gasteiger partial charge is 0.301 e. The lowest BCUT2D eigenvalue weighted by Gasteiger charge is -2.53. The maximum absolute atomic E-state index is 15.6. The summed E-state index contributed by atoms with van der Waals surface area (Å²) in [6.45, 7) is 0.643. The molecule has 4 N–H and O–H groups in total. The first-order valence-corrected chi connectivity index (χ1v) is 20.4. The molecule has 2 atom stereocenters. The number of nitrogens with zero attached hydrogens (tertiary/aromatic N) is 6. The van der Waals surface area contributed by atoms with E-state index in [2.05, 4.69) is 36.2 Å². The zero-order valence-corrected chi connectivity index (χ0v) is 33.1. The molecule has 1 spiro atoms. The largest absolute Gasteiger partial charge is 0.480 e. The number of aryl methyl sites for hydroxylation is 2. The van der Waals surface area contributed by atoms with E-state index >= 15 is 13.2 Å². The summed E-state index contributed by atoms with van der Waals surface area (Å²) in [5, 5.41) is 18.0. The normalized spacial score (nSPS) is 22.6. The molecule has 2 unspecified atom stereocenters. The maximum atomic E-state index is 15.6. The molecule has 14 nitrogen and oxygen atoms in total. The molecule has 0 radical (unpaired) electrons. The minimum Gasteiger partial charge on any atom is -0.480 e. The summed E-state index contributed by atoms with van der Waals surface area (Å²) in [7, 11) is 3.35. The summed E-state index contributed by atoms with van der Waals surface area (Å²) in [5.41, 5.74) is 2.55. The molecule has 2 aromatic carbocycles. The molecular weight excluding hydrogens is 789 g/mol. The molecule has 5 aromatic rings. The van der Waals surface area contributed by atoms with Crippen LogP contribution in [0.1, 0.15) is 63.0 Å². The highest BCUT2D eigenvalue weighted by atomic mass is 35.5. The van der Waals surface area contributed by atoms with Crippen molar-refractivity contribution in [3.63, 3.8) is 0 Å². The number of nitrogens with one attached hydrogen (secondary N) is 4. The molecule has 18 heteroatoms. The number of carbonyl (C=O) groups excluding carboxylic acids is 2. The van der Waals surface area contributed by atoms with Gasteiger partial charge < -0.3 is 30.2 Å². The van der Waals surface area contributed by atoms with Crippen molar-refractivity contribution in [2.45, 2.75) is 75.3 Å². The Morgan fingerprint density at radius 1 is 0.983 bits per heavy atom. The lowest BCUT2D eigenvalue weighted by Crippen LogP contribution is -2.59. The number of ether oxygens (including phenoxy) is 1. The Hall–Kier alpha value is -5.58. The first-order chi connectivity index (χ1) is 28.3. The zero-order valence-electron chi connectivity index (χ0n) is 32.4. The van der Waals surface area contributed by atoms with Crippen LogP contribution in [0.5, 0.6) is 5.75 Å². The molecule has 2 aliphatic carbocycles. The number of fused-ring (bicyclic) bond motifs is 4. The van der Waals surface area contributed by atoms with Crippen molar-refractivity contribution in [1.82, 2.24) is 29.6 Å². The van der Waals surface area contributed by atoms with Crippen LogP contribution < -0.4 is 36.5 Å². The SMILES string of the molecule is Cn1nc(C2CCC(=O)NC2=O)c2cc(F)c(NC3CCC4(CC3)CN(c3ncc(Cl)c(Nc5ccc6c(c5)c5c(c(=O)n6C)OCC(F)(F)C(C6CC6)N5)n3)C4)cc21. The van der Waals surface area contributed by atoms with Crippen LogP contribution in [-0.4, -0.2) is 73.8 Å². The number of aromatic nitrogens is 5. The van der Waals surface area contributed by atoms with Crippen molar-refractivity contribution in [2.24, 2.45) is 25.4 Å². The first-order valence-electron chi connectivity index (χ1n) is 20.0. The number of rotatable bonds is 7. The quantitative estimate of drug-likeness (QED) is 0.135. The standard InChI is InChI=1S/C41H42ClF3N10O4/c1-53-29-7-5-22(13-24(29)33-34(38(53)58)59-19-41(44,45)35(50-33)20-3-4-20)48-36-26(42)16-46-39(51-36)55-17-40(18-55)11-9-21(10-12-40)47-28-15-30-25(14-27(28)43)32(52-54(30)2)23-6-8-31(56)49-37(23)57/h5,7,13-16,20-21,23,35,47,50H,3-4,6,8-12,17-19H2,1-2H3,(H,46,48,51)(H,49,56,57). The number of benzene rings is 2. The fourth-order valence-corrected chi connectivity index (χ4v) is 9.60. The number of amides is 2. The number of alkyl halides is 2. The Bertz CT molecular complexity index is 2630. The predicted octanol–water partition coefficient (Wildman–Crippen LogP) is 6.35. The Morgan fingerprint density at radius 2 is 1.76 bits per heavy atom. The van der Waals surface area contributed by atoms with Crippen LogP contribution in [0.4, 0.5) is 42.0 Å². The molecular formula is C41H42ClF3N10O4. The Balaban J connectivity index is 0.809. The lowest BCUT2D eigenvalue weighted by molar-refractivity contribution is -0.134. The molecule has 0 bridgehead atoms. The molecule has 2 saturated carbocycles. The number of hydrogen-bond donors (Lipinski definition) is 4. The van der Waals surface area contributed by atoms with Gasteiger partial charge in [0, 0.05) is 61.5 Å². The minimum absolute atomic E-state index is 0.0734. The Morgan fingerprint density at radius 3 is 2.51 bits per heavy atom. The van der Waals surface area contributed by atoms with Gasteiger partial charge in [-0.15, -0.1) is 0 Å². The highest BCUT2D eigenvalue weighted by molar-refractivity contribution is 6.33. The summed E-state index contributed by atoms with van der Waals surface area (Å²) in [6.07, 6.45) is 7.05. The number of pyridine rings is 1. The topological polar surface area (TPSA) is 160 Å². The second-order valence-electron chi connectivity index (χ2n) is 16.9. The highest BCUT2D eigenvalue weighted by Crippen LogP contribution is 2.48. The highest BCUT2D eigenvalue weighted by Gasteiger charge is 2.51. The number of carbonyl (C=O) groups is 2. The monoisotopic (exact) mass is 830 g/mol. The molecule has 2 amide bonds. The third-order valence-corrected chi connectivity index (χ3v) is 13.2. The van der Waals surface area contributed by atoms with E-state index in [-0.39, 0.29) is 41.1 Å². The molecule has 6 heterocycles. The molecule has 2 saturated heterocycles. The van der Waals surface area contributed by atoms with E-state index in [0.29, 0.717) is 74.9 Å². The third kappa shape index (κ3) is 6.57. The van der Waals surface area contributed by atoms with E-state index < -0.39 is 41.8 Å². The summed E-state index contributed by atoms with van der Waals surface area (Å²) >= 11 is 6.60. The lowest BCUT2D eigenvalue weighted by atomic mass is 9.67. The van der Waals surface area contributed by atoms with Gasteiger partial charge >= 0.3 is 5.92 Å². The summed E-state index contributed by atoms with van der Waals surface area (Å²) in [6, 6.07) is 7.42. The molecule has 59 heavy (non-hydrogen) atoms. The van der Waals surface area contributed by atoms with Crippen molar-refractivity contribution in [1.29, 1.82) is 0 Å². The zero-order chi connectivity index (χ0) is 41.0. The minimum atomic E-state index is -3.15. The van der Waals surface area contributed by atoms with Crippen LogP contribution in [0.25, 0.3) is 21.8 Å². The number of imide groups is 1. The van der Waals surface area contributed by atoms with Gasteiger partial charge in [-0.05, 0) is 81.2 Å².